The Labute approximate surface area is 168 Å². The molecular formula is C23H29ClN2O. The molecule has 2 aromatic carbocycles. The maximum Gasteiger partial charge on any atom is 0.222 e. The number of likely N-dealkylation sites (tertiary alicyclic amines) is 1. The Morgan fingerprint density at radius 3 is 2.81 bits per heavy atom. The van der Waals surface area contributed by atoms with E-state index in [4.69, 9.17) is 0 Å². The van der Waals surface area contributed by atoms with Crippen molar-refractivity contribution < 1.29 is 4.79 Å². The van der Waals surface area contributed by atoms with Crippen molar-refractivity contribution in [2.24, 2.45) is 0 Å². The standard InChI is InChI=1S/C23H28N2O.ClH/c1-24-16-20-8-5-13-25(20)23(26)10-4-6-17-11-12-19-15-18-7-2-3-9-21(18)22(19)14-17;/h2-3,7,9,11-12,14,20,24H,4-6,8,10,13,15-16H2,1H3;1H. The maximum atomic E-state index is 12.6. The fourth-order valence-electron chi connectivity index (χ4n) is 4.53. The summed E-state index contributed by atoms with van der Waals surface area (Å²) in [6, 6.07) is 15.9. The number of amides is 1. The normalized spacial score (nSPS) is 17.4. The van der Waals surface area contributed by atoms with Crippen molar-refractivity contribution in [3.63, 3.8) is 0 Å². The molecule has 1 saturated heterocycles. The summed E-state index contributed by atoms with van der Waals surface area (Å²) in [5.41, 5.74) is 6.98. The van der Waals surface area contributed by atoms with Gasteiger partial charge in [-0.1, -0.05) is 42.5 Å². The first-order valence-corrected chi connectivity index (χ1v) is 9.90. The third kappa shape index (κ3) is 4.20. The lowest BCUT2D eigenvalue weighted by Gasteiger charge is -2.24. The molecule has 1 heterocycles. The molecule has 1 N–H and O–H groups in total. The zero-order valence-corrected chi connectivity index (χ0v) is 16.9. The summed E-state index contributed by atoms with van der Waals surface area (Å²) >= 11 is 0. The summed E-state index contributed by atoms with van der Waals surface area (Å²) < 4.78 is 0. The van der Waals surface area contributed by atoms with Crippen LogP contribution in [0.1, 0.15) is 42.4 Å². The molecule has 0 radical (unpaired) electrons. The van der Waals surface area contributed by atoms with Gasteiger partial charge in [-0.15, -0.1) is 12.4 Å². The fraction of sp³-hybridized carbons (Fsp3) is 0.435. The van der Waals surface area contributed by atoms with Crippen molar-refractivity contribution >= 4 is 18.3 Å². The van der Waals surface area contributed by atoms with Crippen LogP contribution in [0.4, 0.5) is 0 Å². The van der Waals surface area contributed by atoms with Crippen molar-refractivity contribution in [3.8, 4) is 11.1 Å². The molecule has 0 bridgehead atoms. The second-order valence-corrected chi connectivity index (χ2v) is 7.62. The van der Waals surface area contributed by atoms with Gasteiger partial charge in [0.05, 0.1) is 0 Å². The quantitative estimate of drug-likeness (QED) is 0.690. The molecular weight excluding hydrogens is 356 g/mol. The molecule has 2 aromatic rings. The average Bonchev–Trinajstić information content (AvgIpc) is 3.26. The van der Waals surface area contributed by atoms with Gasteiger partial charge in [0, 0.05) is 25.6 Å². The molecule has 3 nitrogen and oxygen atoms in total. The van der Waals surface area contributed by atoms with E-state index in [-0.39, 0.29) is 12.4 Å². The van der Waals surface area contributed by atoms with E-state index in [9.17, 15) is 4.79 Å². The van der Waals surface area contributed by atoms with Crippen LogP contribution in [0.15, 0.2) is 42.5 Å². The van der Waals surface area contributed by atoms with E-state index in [1.165, 1.54) is 27.8 Å². The largest absolute Gasteiger partial charge is 0.338 e. The zero-order valence-electron chi connectivity index (χ0n) is 16.0. The molecule has 1 amide bonds. The lowest BCUT2D eigenvalue weighted by molar-refractivity contribution is -0.132. The second-order valence-electron chi connectivity index (χ2n) is 7.62. The average molecular weight is 385 g/mol. The molecule has 0 aromatic heterocycles. The van der Waals surface area contributed by atoms with Crippen LogP contribution in [0.3, 0.4) is 0 Å². The summed E-state index contributed by atoms with van der Waals surface area (Å²) in [5, 5.41) is 3.21. The van der Waals surface area contributed by atoms with Gasteiger partial charge in [-0.05, 0) is 67.0 Å². The number of hydrogen-bond donors (Lipinski definition) is 1. The summed E-state index contributed by atoms with van der Waals surface area (Å²) in [6.45, 7) is 1.84. The van der Waals surface area contributed by atoms with Gasteiger partial charge in [0.2, 0.25) is 5.91 Å². The van der Waals surface area contributed by atoms with Gasteiger partial charge in [0.1, 0.15) is 0 Å². The number of carbonyl (C=O) groups is 1. The van der Waals surface area contributed by atoms with Gasteiger partial charge in [0.25, 0.3) is 0 Å². The number of likely N-dealkylation sites (N-methyl/N-ethyl adjacent to an activating group) is 1. The van der Waals surface area contributed by atoms with Gasteiger partial charge in [-0.2, -0.15) is 0 Å². The monoisotopic (exact) mass is 384 g/mol. The zero-order chi connectivity index (χ0) is 17.9. The van der Waals surface area contributed by atoms with Crippen LogP contribution >= 0.6 is 12.4 Å². The topological polar surface area (TPSA) is 32.3 Å². The second kappa shape index (κ2) is 8.90. The molecule has 144 valence electrons. The van der Waals surface area contributed by atoms with E-state index in [1.807, 2.05) is 7.05 Å². The highest BCUT2D eigenvalue weighted by molar-refractivity contribution is 5.85. The number of nitrogens with zero attached hydrogens (tertiary/aromatic N) is 1. The number of benzene rings is 2. The molecule has 1 aliphatic heterocycles. The molecule has 1 aliphatic carbocycles. The van der Waals surface area contributed by atoms with Gasteiger partial charge >= 0.3 is 0 Å². The fourth-order valence-corrected chi connectivity index (χ4v) is 4.53. The molecule has 1 unspecified atom stereocenters. The molecule has 0 saturated carbocycles. The number of aryl methyl sites for hydroxylation is 1. The molecule has 0 spiro atoms. The van der Waals surface area contributed by atoms with E-state index in [2.05, 4.69) is 52.7 Å². The van der Waals surface area contributed by atoms with Crippen molar-refractivity contribution in [1.82, 2.24) is 10.2 Å². The van der Waals surface area contributed by atoms with E-state index in [0.29, 0.717) is 18.4 Å². The van der Waals surface area contributed by atoms with Crippen LogP contribution in [0, 0.1) is 0 Å². The van der Waals surface area contributed by atoms with E-state index in [1.54, 1.807) is 0 Å². The highest BCUT2D eigenvalue weighted by Gasteiger charge is 2.27. The molecule has 27 heavy (non-hydrogen) atoms. The Hall–Kier alpha value is -1.84. The predicted molar refractivity (Wildman–Crippen MR) is 114 cm³/mol. The lowest BCUT2D eigenvalue weighted by atomic mass is 10.00. The summed E-state index contributed by atoms with van der Waals surface area (Å²) in [4.78, 5) is 14.7. The van der Waals surface area contributed by atoms with Crippen molar-refractivity contribution in [1.29, 1.82) is 0 Å². The number of halogens is 1. The Bertz CT molecular complexity index is 805. The Balaban J connectivity index is 0.00000210. The highest BCUT2D eigenvalue weighted by atomic mass is 35.5. The SMILES string of the molecule is CNCC1CCCN1C(=O)CCCc1ccc2c(c1)-c1ccccc1C2.Cl. The molecule has 1 fully saturated rings. The minimum atomic E-state index is 0. The van der Waals surface area contributed by atoms with E-state index in [0.717, 1.165) is 45.2 Å². The van der Waals surface area contributed by atoms with Crippen molar-refractivity contribution in [2.45, 2.75) is 44.6 Å². The summed E-state index contributed by atoms with van der Waals surface area (Å²) in [7, 11) is 1.97. The maximum absolute atomic E-state index is 12.6. The molecule has 4 rings (SSSR count). The van der Waals surface area contributed by atoms with Crippen LogP contribution in [0.5, 0.6) is 0 Å². The van der Waals surface area contributed by atoms with Gasteiger partial charge < -0.3 is 10.2 Å². The Morgan fingerprint density at radius 2 is 1.96 bits per heavy atom. The third-order valence-corrected chi connectivity index (χ3v) is 5.86. The number of rotatable bonds is 6. The van der Waals surface area contributed by atoms with Crippen LogP contribution in [0.25, 0.3) is 11.1 Å². The lowest BCUT2D eigenvalue weighted by Crippen LogP contribution is -2.40. The Kier molecular flexibility index (Phi) is 6.56. The number of hydrogen-bond acceptors (Lipinski definition) is 2. The first kappa shape index (κ1) is 19.9. The number of carbonyl (C=O) groups excluding carboxylic acids is 1. The minimum Gasteiger partial charge on any atom is -0.338 e. The molecule has 2 aliphatic rings. The van der Waals surface area contributed by atoms with Gasteiger partial charge in [-0.25, -0.2) is 0 Å². The van der Waals surface area contributed by atoms with Crippen LogP contribution in [-0.4, -0.2) is 37.0 Å². The van der Waals surface area contributed by atoms with E-state index >= 15 is 0 Å². The van der Waals surface area contributed by atoms with Crippen LogP contribution < -0.4 is 5.32 Å². The number of nitrogens with one attached hydrogen (secondary N) is 1. The predicted octanol–water partition coefficient (Wildman–Crippen LogP) is 4.21. The first-order chi connectivity index (χ1) is 12.8. The van der Waals surface area contributed by atoms with E-state index < -0.39 is 0 Å². The Morgan fingerprint density at radius 1 is 1.15 bits per heavy atom. The number of fused-ring (bicyclic) bond motifs is 3. The molecule has 1 atom stereocenters. The van der Waals surface area contributed by atoms with Gasteiger partial charge in [0.15, 0.2) is 0 Å². The van der Waals surface area contributed by atoms with Crippen LogP contribution in [0.2, 0.25) is 0 Å². The smallest absolute Gasteiger partial charge is 0.222 e. The van der Waals surface area contributed by atoms with Crippen LogP contribution in [-0.2, 0) is 17.6 Å². The summed E-state index contributed by atoms with van der Waals surface area (Å²) in [6.07, 6.45) is 5.90. The highest BCUT2D eigenvalue weighted by Crippen LogP contribution is 2.37. The first-order valence-electron chi connectivity index (χ1n) is 9.90. The summed E-state index contributed by atoms with van der Waals surface area (Å²) in [5.74, 6) is 0.328. The van der Waals surface area contributed by atoms with Crippen molar-refractivity contribution in [2.75, 3.05) is 20.1 Å². The third-order valence-electron chi connectivity index (χ3n) is 5.86. The minimum absolute atomic E-state index is 0. The van der Waals surface area contributed by atoms with Gasteiger partial charge in [-0.3, -0.25) is 4.79 Å². The molecule has 4 heteroatoms. The van der Waals surface area contributed by atoms with Crippen molar-refractivity contribution in [3.05, 3.63) is 59.2 Å².